The predicted octanol–water partition coefficient (Wildman–Crippen LogP) is 2.54. The van der Waals surface area contributed by atoms with Crippen LogP contribution in [-0.2, 0) is 0 Å². The molecule has 7 heteroatoms. The molecule has 1 amide bonds. The number of rotatable bonds is 4. The molecule has 6 nitrogen and oxygen atoms in total. The molecule has 0 aliphatic carbocycles. The summed E-state index contributed by atoms with van der Waals surface area (Å²) in [5.41, 5.74) is 0.352. The van der Waals surface area contributed by atoms with E-state index in [1.165, 1.54) is 31.4 Å². The zero-order chi connectivity index (χ0) is 15.4. The molecule has 0 atom stereocenters. The van der Waals surface area contributed by atoms with E-state index in [-0.39, 0.29) is 17.2 Å². The number of carboxylic acid groups (broad SMARTS) is 1. The first-order valence-corrected chi connectivity index (χ1v) is 6.98. The van der Waals surface area contributed by atoms with Crippen LogP contribution in [-0.4, -0.2) is 29.0 Å². The Hall–Kier alpha value is -2.16. The second-order valence-electron chi connectivity index (χ2n) is 4.01. The number of pyridine rings is 1. The van der Waals surface area contributed by atoms with E-state index in [2.05, 4.69) is 10.3 Å². The van der Waals surface area contributed by atoms with Gasteiger partial charge in [-0.05, 0) is 46.9 Å². The fourth-order valence-electron chi connectivity index (χ4n) is 1.57. The number of ether oxygens (including phenoxy) is 1. The molecule has 1 aromatic heterocycles. The van der Waals surface area contributed by atoms with Crippen molar-refractivity contribution in [3.05, 3.63) is 51.4 Å². The molecular formula is C14H11IN2O4. The van der Waals surface area contributed by atoms with Crippen LogP contribution in [0.5, 0.6) is 11.5 Å². The molecule has 108 valence electrons. The number of carbonyl (C=O) groups excluding carboxylic acids is 1. The van der Waals surface area contributed by atoms with Gasteiger partial charge in [0.15, 0.2) is 0 Å². The fourth-order valence-corrected chi connectivity index (χ4v) is 2.01. The van der Waals surface area contributed by atoms with E-state index in [0.717, 1.165) is 3.57 Å². The molecular weight excluding hydrogens is 387 g/mol. The number of benzene rings is 1. The maximum atomic E-state index is 11.5. The van der Waals surface area contributed by atoms with Gasteiger partial charge >= 0.3 is 5.97 Å². The van der Waals surface area contributed by atoms with E-state index in [1.807, 2.05) is 22.6 Å². The fraction of sp³-hybridized carbons (Fsp3) is 0.0714. The highest BCUT2D eigenvalue weighted by Crippen LogP contribution is 2.28. The lowest BCUT2D eigenvalue weighted by atomic mass is 10.2. The topological polar surface area (TPSA) is 88.5 Å². The Balaban J connectivity index is 2.32. The summed E-state index contributed by atoms with van der Waals surface area (Å²) in [6.45, 7) is 0. The van der Waals surface area contributed by atoms with Crippen molar-refractivity contribution in [2.75, 3.05) is 7.05 Å². The van der Waals surface area contributed by atoms with Gasteiger partial charge in [0, 0.05) is 19.3 Å². The van der Waals surface area contributed by atoms with E-state index in [4.69, 9.17) is 9.84 Å². The molecule has 2 aromatic rings. The van der Waals surface area contributed by atoms with Gasteiger partial charge in [0.05, 0.1) is 9.13 Å². The first-order chi connectivity index (χ1) is 10.0. The normalized spacial score (nSPS) is 10.0. The number of nitrogens with one attached hydrogen (secondary N) is 1. The lowest BCUT2D eigenvalue weighted by Gasteiger charge is -2.09. The first kappa shape index (κ1) is 15.2. The third-order valence-electron chi connectivity index (χ3n) is 2.60. The average molecular weight is 398 g/mol. The largest absolute Gasteiger partial charge is 0.478 e. The van der Waals surface area contributed by atoms with Crippen LogP contribution in [0.2, 0.25) is 0 Å². The van der Waals surface area contributed by atoms with Crippen LogP contribution in [0.15, 0.2) is 36.5 Å². The number of carboxylic acids is 1. The standard InChI is InChI=1S/C14H11IN2O4/c1-16-13(18)11-7-9(4-5-17-11)21-12-6-8(14(19)20)2-3-10(12)15/h2-7H,1H3,(H,16,18)(H,19,20). The highest BCUT2D eigenvalue weighted by Gasteiger charge is 2.11. The van der Waals surface area contributed by atoms with Gasteiger partial charge in [-0.1, -0.05) is 0 Å². The summed E-state index contributed by atoms with van der Waals surface area (Å²) in [4.78, 5) is 26.4. The highest BCUT2D eigenvalue weighted by molar-refractivity contribution is 14.1. The van der Waals surface area contributed by atoms with Crippen molar-refractivity contribution < 1.29 is 19.4 Å². The van der Waals surface area contributed by atoms with Crippen molar-refractivity contribution in [1.82, 2.24) is 10.3 Å². The lowest BCUT2D eigenvalue weighted by molar-refractivity contribution is 0.0696. The number of halogens is 1. The molecule has 0 aliphatic rings. The van der Waals surface area contributed by atoms with Gasteiger partial charge in [-0.2, -0.15) is 0 Å². The summed E-state index contributed by atoms with van der Waals surface area (Å²) in [6, 6.07) is 7.67. The molecule has 0 saturated heterocycles. The van der Waals surface area contributed by atoms with Crippen LogP contribution in [0.1, 0.15) is 20.8 Å². The third kappa shape index (κ3) is 3.69. The Morgan fingerprint density at radius 1 is 1.29 bits per heavy atom. The van der Waals surface area contributed by atoms with Crippen molar-refractivity contribution in [2.45, 2.75) is 0 Å². The van der Waals surface area contributed by atoms with Crippen LogP contribution in [0.4, 0.5) is 0 Å². The zero-order valence-corrected chi connectivity index (χ0v) is 13.1. The van der Waals surface area contributed by atoms with Crippen molar-refractivity contribution in [3.8, 4) is 11.5 Å². The van der Waals surface area contributed by atoms with Crippen molar-refractivity contribution in [2.24, 2.45) is 0 Å². The number of carbonyl (C=O) groups is 2. The smallest absolute Gasteiger partial charge is 0.335 e. The second kappa shape index (κ2) is 6.53. The molecule has 2 N–H and O–H groups in total. The number of amides is 1. The minimum atomic E-state index is -1.03. The van der Waals surface area contributed by atoms with E-state index >= 15 is 0 Å². The molecule has 0 fully saturated rings. The van der Waals surface area contributed by atoms with Gasteiger partial charge in [0.1, 0.15) is 17.2 Å². The molecule has 0 spiro atoms. The van der Waals surface area contributed by atoms with Crippen LogP contribution in [0.3, 0.4) is 0 Å². The van der Waals surface area contributed by atoms with Gasteiger partial charge in [-0.3, -0.25) is 9.78 Å². The van der Waals surface area contributed by atoms with Gasteiger partial charge in [-0.15, -0.1) is 0 Å². The minimum Gasteiger partial charge on any atom is -0.478 e. The van der Waals surface area contributed by atoms with Gasteiger partial charge in [0.2, 0.25) is 0 Å². The number of nitrogens with zero attached hydrogens (tertiary/aromatic N) is 1. The predicted molar refractivity (Wildman–Crippen MR) is 83.8 cm³/mol. The quantitative estimate of drug-likeness (QED) is 0.773. The van der Waals surface area contributed by atoms with E-state index in [0.29, 0.717) is 11.5 Å². The summed E-state index contributed by atoms with van der Waals surface area (Å²) >= 11 is 2.04. The zero-order valence-electron chi connectivity index (χ0n) is 11.0. The van der Waals surface area contributed by atoms with Crippen LogP contribution < -0.4 is 10.1 Å². The number of hydrogen-bond acceptors (Lipinski definition) is 4. The molecule has 2 rings (SSSR count). The van der Waals surface area contributed by atoms with Gasteiger partial charge < -0.3 is 15.2 Å². The molecule has 1 aromatic carbocycles. The van der Waals surface area contributed by atoms with E-state index in [9.17, 15) is 9.59 Å². The van der Waals surface area contributed by atoms with E-state index < -0.39 is 5.97 Å². The Morgan fingerprint density at radius 3 is 2.71 bits per heavy atom. The van der Waals surface area contributed by atoms with Crippen LogP contribution in [0, 0.1) is 3.57 Å². The average Bonchev–Trinajstić information content (AvgIpc) is 2.48. The molecule has 0 unspecified atom stereocenters. The lowest BCUT2D eigenvalue weighted by Crippen LogP contribution is -2.18. The highest BCUT2D eigenvalue weighted by atomic mass is 127. The molecule has 21 heavy (non-hydrogen) atoms. The number of aromatic carboxylic acids is 1. The molecule has 0 radical (unpaired) electrons. The third-order valence-corrected chi connectivity index (χ3v) is 3.49. The second-order valence-corrected chi connectivity index (χ2v) is 5.17. The molecule has 0 aliphatic heterocycles. The summed E-state index contributed by atoms with van der Waals surface area (Å²) in [7, 11) is 1.51. The Labute approximate surface area is 134 Å². The summed E-state index contributed by atoms with van der Waals surface area (Å²) < 4.78 is 6.40. The van der Waals surface area contributed by atoms with Crippen LogP contribution >= 0.6 is 22.6 Å². The number of hydrogen-bond donors (Lipinski definition) is 2. The maximum absolute atomic E-state index is 11.5. The maximum Gasteiger partial charge on any atom is 0.335 e. The molecule has 0 bridgehead atoms. The Kier molecular flexibility index (Phi) is 4.73. The first-order valence-electron chi connectivity index (χ1n) is 5.90. The van der Waals surface area contributed by atoms with Crippen molar-refractivity contribution in [3.63, 3.8) is 0 Å². The molecule has 1 heterocycles. The Bertz CT molecular complexity index is 703. The summed E-state index contributed by atoms with van der Waals surface area (Å²) in [5.74, 6) is -0.542. The summed E-state index contributed by atoms with van der Waals surface area (Å²) in [5, 5.41) is 11.5. The minimum absolute atomic E-state index is 0.131. The van der Waals surface area contributed by atoms with Crippen LogP contribution in [0.25, 0.3) is 0 Å². The van der Waals surface area contributed by atoms with E-state index in [1.54, 1.807) is 12.1 Å². The Morgan fingerprint density at radius 2 is 2.05 bits per heavy atom. The molecule has 0 saturated carbocycles. The van der Waals surface area contributed by atoms with Crippen molar-refractivity contribution in [1.29, 1.82) is 0 Å². The van der Waals surface area contributed by atoms with Crippen molar-refractivity contribution >= 4 is 34.5 Å². The monoisotopic (exact) mass is 398 g/mol. The number of aromatic nitrogens is 1. The van der Waals surface area contributed by atoms with Gasteiger partial charge in [0.25, 0.3) is 5.91 Å². The summed E-state index contributed by atoms with van der Waals surface area (Å²) in [6.07, 6.45) is 1.45. The van der Waals surface area contributed by atoms with Gasteiger partial charge in [-0.25, -0.2) is 4.79 Å². The SMILES string of the molecule is CNC(=O)c1cc(Oc2cc(C(=O)O)ccc2I)ccn1.